The lowest BCUT2D eigenvalue weighted by atomic mass is 9.94. The summed E-state index contributed by atoms with van der Waals surface area (Å²) in [6.07, 6.45) is 5.06. The number of ether oxygens (including phenoxy) is 1. The number of Topliss-reactive ketones (excluding diaryl/α,β-unsaturated/α-hetero) is 1. The minimum absolute atomic E-state index is 0.0787. The van der Waals surface area contributed by atoms with Crippen LogP contribution in [0.25, 0.3) is 0 Å². The van der Waals surface area contributed by atoms with Gasteiger partial charge >= 0.3 is 0 Å². The highest BCUT2D eigenvalue weighted by molar-refractivity contribution is 5.95. The van der Waals surface area contributed by atoms with Gasteiger partial charge in [0.1, 0.15) is 5.69 Å². The lowest BCUT2D eigenvalue weighted by Crippen LogP contribution is -2.23. The number of rotatable bonds is 4. The molecule has 1 aliphatic rings. The number of nitrogens with zero attached hydrogens (tertiary/aromatic N) is 2. The van der Waals surface area contributed by atoms with Crippen LogP contribution in [0.5, 0.6) is 0 Å². The third-order valence-electron chi connectivity index (χ3n) is 2.87. The molecule has 1 fully saturated rings. The number of aromatic nitrogens is 2. The molecule has 0 amide bonds. The topological polar surface area (TPSA) is 70.1 Å². The number of carbonyl (C=O) groups is 1. The van der Waals surface area contributed by atoms with Gasteiger partial charge in [-0.2, -0.15) is 0 Å². The zero-order chi connectivity index (χ0) is 11.4. The van der Waals surface area contributed by atoms with Crippen LogP contribution in [0.15, 0.2) is 12.5 Å². The zero-order valence-corrected chi connectivity index (χ0v) is 9.26. The van der Waals surface area contributed by atoms with Crippen molar-refractivity contribution in [3.8, 4) is 0 Å². The fourth-order valence-electron chi connectivity index (χ4n) is 1.93. The van der Waals surface area contributed by atoms with E-state index in [-0.39, 0.29) is 11.7 Å². The van der Waals surface area contributed by atoms with Crippen molar-refractivity contribution < 1.29 is 9.53 Å². The maximum atomic E-state index is 12.1. The number of nitrogens with two attached hydrogens (primary N) is 1. The molecule has 0 bridgehead atoms. The first-order valence-electron chi connectivity index (χ1n) is 5.65. The lowest BCUT2D eigenvalue weighted by Gasteiger charge is -2.19. The van der Waals surface area contributed by atoms with Crippen LogP contribution in [0, 0.1) is 5.92 Å². The first kappa shape index (κ1) is 11.3. The molecule has 16 heavy (non-hydrogen) atoms. The van der Waals surface area contributed by atoms with Gasteiger partial charge < -0.3 is 15.0 Å². The summed E-state index contributed by atoms with van der Waals surface area (Å²) in [7, 11) is 0. The smallest absolute Gasteiger partial charge is 0.185 e. The second-order valence-electron chi connectivity index (χ2n) is 4.04. The number of carbonyl (C=O) groups excluding carboxylic acids is 1. The molecular formula is C11H17N3O2. The molecule has 1 aliphatic heterocycles. The normalized spacial score (nSPS) is 17.6. The third-order valence-corrected chi connectivity index (χ3v) is 2.87. The van der Waals surface area contributed by atoms with Gasteiger partial charge in [-0.3, -0.25) is 4.79 Å². The predicted molar refractivity (Wildman–Crippen MR) is 59.2 cm³/mol. The van der Waals surface area contributed by atoms with E-state index in [0.29, 0.717) is 32.0 Å². The number of hydrogen-bond donors (Lipinski definition) is 1. The molecule has 2 heterocycles. The summed E-state index contributed by atoms with van der Waals surface area (Å²) in [5.74, 6) is 0.217. The quantitative estimate of drug-likeness (QED) is 0.752. The molecule has 2 rings (SSSR count). The minimum Gasteiger partial charge on any atom is -0.381 e. The molecular weight excluding hydrogens is 206 g/mol. The summed E-state index contributed by atoms with van der Waals surface area (Å²) in [4.78, 5) is 16.2. The van der Waals surface area contributed by atoms with Crippen molar-refractivity contribution in [2.75, 3.05) is 19.8 Å². The van der Waals surface area contributed by atoms with Crippen LogP contribution in [0.3, 0.4) is 0 Å². The molecule has 0 radical (unpaired) electrons. The summed E-state index contributed by atoms with van der Waals surface area (Å²) < 4.78 is 7.09. The number of ketones is 1. The summed E-state index contributed by atoms with van der Waals surface area (Å²) in [5, 5.41) is 0. The fourth-order valence-corrected chi connectivity index (χ4v) is 1.93. The SMILES string of the molecule is NCCn1cnc(C(=O)C2CCOCC2)c1. The fraction of sp³-hybridized carbons (Fsp3) is 0.636. The van der Waals surface area contributed by atoms with E-state index in [0.717, 1.165) is 12.8 Å². The van der Waals surface area contributed by atoms with E-state index in [1.165, 1.54) is 0 Å². The summed E-state index contributed by atoms with van der Waals surface area (Å²) >= 11 is 0. The molecule has 1 aromatic heterocycles. The first-order chi connectivity index (χ1) is 7.81. The highest BCUT2D eigenvalue weighted by Crippen LogP contribution is 2.19. The number of hydrogen-bond acceptors (Lipinski definition) is 4. The Morgan fingerprint density at radius 1 is 1.56 bits per heavy atom. The maximum Gasteiger partial charge on any atom is 0.185 e. The zero-order valence-electron chi connectivity index (χ0n) is 9.26. The Hall–Kier alpha value is -1.20. The van der Waals surface area contributed by atoms with Gasteiger partial charge in [0.2, 0.25) is 0 Å². The van der Waals surface area contributed by atoms with Crippen LogP contribution >= 0.6 is 0 Å². The molecule has 0 aromatic carbocycles. The van der Waals surface area contributed by atoms with Crippen LogP contribution < -0.4 is 5.73 Å². The van der Waals surface area contributed by atoms with Gasteiger partial charge in [-0.15, -0.1) is 0 Å². The van der Waals surface area contributed by atoms with Gasteiger partial charge in [0.15, 0.2) is 5.78 Å². The molecule has 0 atom stereocenters. The molecule has 1 aromatic rings. The standard InChI is InChI=1S/C11H17N3O2/c12-3-4-14-7-10(13-8-14)11(15)9-1-5-16-6-2-9/h7-9H,1-6,12H2. The molecule has 2 N–H and O–H groups in total. The van der Waals surface area contributed by atoms with Gasteiger partial charge in [-0.1, -0.05) is 0 Å². The predicted octanol–water partition coefficient (Wildman–Crippen LogP) is 0.451. The summed E-state index contributed by atoms with van der Waals surface area (Å²) in [5.41, 5.74) is 5.99. The van der Waals surface area contributed by atoms with Gasteiger partial charge in [-0.25, -0.2) is 4.98 Å². The third kappa shape index (κ3) is 2.48. The molecule has 5 nitrogen and oxygen atoms in total. The Balaban J connectivity index is 2.01. The van der Waals surface area contributed by atoms with Crippen molar-refractivity contribution in [2.24, 2.45) is 11.7 Å². The van der Waals surface area contributed by atoms with E-state index in [1.807, 2.05) is 4.57 Å². The molecule has 1 saturated heterocycles. The molecule has 88 valence electrons. The summed E-state index contributed by atoms with van der Waals surface area (Å²) in [6, 6.07) is 0. The Morgan fingerprint density at radius 2 is 2.31 bits per heavy atom. The van der Waals surface area contributed by atoms with Crippen LogP contribution in [0.4, 0.5) is 0 Å². The van der Waals surface area contributed by atoms with Crippen LogP contribution in [0.2, 0.25) is 0 Å². The average Bonchev–Trinajstić information content (AvgIpc) is 2.78. The van der Waals surface area contributed by atoms with Gasteiger partial charge in [0.25, 0.3) is 0 Å². The molecule has 0 saturated carbocycles. The summed E-state index contributed by atoms with van der Waals surface area (Å²) in [6.45, 7) is 2.62. The molecule has 0 unspecified atom stereocenters. The van der Waals surface area contributed by atoms with Crippen LogP contribution in [-0.4, -0.2) is 35.1 Å². The van der Waals surface area contributed by atoms with Crippen molar-refractivity contribution in [1.82, 2.24) is 9.55 Å². The highest BCUT2D eigenvalue weighted by atomic mass is 16.5. The van der Waals surface area contributed by atoms with E-state index in [2.05, 4.69) is 4.98 Å². The Bertz CT molecular complexity index is 356. The van der Waals surface area contributed by atoms with Gasteiger partial charge in [-0.05, 0) is 12.8 Å². The number of imidazole rings is 1. The van der Waals surface area contributed by atoms with Gasteiger partial charge in [0, 0.05) is 38.4 Å². The molecule has 5 heteroatoms. The van der Waals surface area contributed by atoms with E-state index < -0.39 is 0 Å². The lowest BCUT2D eigenvalue weighted by molar-refractivity contribution is 0.0542. The molecule has 0 spiro atoms. The van der Waals surface area contributed by atoms with Crippen molar-refractivity contribution in [3.05, 3.63) is 18.2 Å². The average molecular weight is 223 g/mol. The Labute approximate surface area is 94.6 Å². The van der Waals surface area contributed by atoms with Crippen molar-refractivity contribution in [1.29, 1.82) is 0 Å². The first-order valence-corrected chi connectivity index (χ1v) is 5.65. The van der Waals surface area contributed by atoms with Crippen molar-refractivity contribution >= 4 is 5.78 Å². The Kier molecular flexibility index (Phi) is 3.69. The minimum atomic E-state index is 0.0787. The second kappa shape index (κ2) is 5.23. The monoisotopic (exact) mass is 223 g/mol. The van der Waals surface area contributed by atoms with Crippen molar-refractivity contribution in [2.45, 2.75) is 19.4 Å². The van der Waals surface area contributed by atoms with Gasteiger partial charge in [0.05, 0.1) is 6.33 Å². The largest absolute Gasteiger partial charge is 0.381 e. The van der Waals surface area contributed by atoms with E-state index >= 15 is 0 Å². The Morgan fingerprint density at radius 3 is 3.00 bits per heavy atom. The highest BCUT2D eigenvalue weighted by Gasteiger charge is 2.24. The second-order valence-corrected chi connectivity index (χ2v) is 4.04. The maximum absolute atomic E-state index is 12.1. The van der Waals surface area contributed by atoms with Crippen LogP contribution in [-0.2, 0) is 11.3 Å². The van der Waals surface area contributed by atoms with E-state index in [1.54, 1.807) is 12.5 Å². The van der Waals surface area contributed by atoms with Crippen molar-refractivity contribution in [3.63, 3.8) is 0 Å². The molecule has 0 aliphatic carbocycles. The van der Waals surface area contributed by atoms with Crippen LogP contribution in [0.1, 0.15) is 23.3 Å². The van der Waals surface area contributed by atoms with E-state index in [9.17, 15) is 4.79 Å². The van der Waals surface area contributed by atoms with E-state index in [4.69, 9.17) is 10.5 Å².